The predicted octanol–water partition coefficient (Wildman–Crippen LogP) is 4.10. The van der Waals surface area contributed by atoms with Gasteiger partial charge < -0.3 is 14.5 Å². The van der Waals surface area contributed by atoms with Crippen molar-refractivity contribution in [1.82, 2.24) is 4.90 Å². The Hall–Kier alpha value is -1.39. The number of amides is 1. The fourth-order valence-electron chi connectivity index (χ4n) is 4.56. The van der Waals surface area contributed by atoms with Gasteiger partial charge >= 0.3 is 0 Å². The van der Waals surface area contributed by atoms with Crippen LogP contribution in [0.25, 0.3) is 0 Å². The Morgan fingerprint density at radius 2 is 1.88 bits per heavy atom. The van der Waals surface area contributed by atoms with E-state index in [1.807, 2.05) is 25.1 Å². The van der Waals surface area contributed by atoms with E-state index in [1.54, 1.807) is 0 Å². The number of anilines is 1. The smallest absolute Gasteiger partial charge is 0.226 e. The van der Waals surface area contributed by atoms with Gasteiger partial charge in [-0.25, -0.2) is 0 Å². The Morgan fingerprint density at radius 1 is 1.19 bits per heavy atom. The second-order valence-electron chi connectivity index (χ2n) is 8.45. The number of hydrogen-bond donors (Lipinski definition) is 0. The number of piperidine rings is 1. The molecule has 1 aromatic carbocycles. The first kappa shape index (κ1) is 19.4. The molecule has 2 aliphatic heterocycles. The van der Waals surface area contributed by atoms with Crippen molar-refractivity contribution in [3.63, 3.8) is 0 Å². The third kappa shape index (κ3) is 4.86. The van der Waals surface area contributed by atoms with Gasteiger partial charge in [-0.2, -0.15) is 0 Å². The minimum absolute atomic E-state index is 0.0267. The summed E-state index contributed by atoms with van der Waals surface area (Å²) < 4.78 is 5.86. The van der Waals surface area contributed by atoms with Crippen LogP contribution in [0.1, 0.15) is 52.9 Å². The van der Waals surface area contributed by atoms with E-state index in [2.05, 4.69) is 35.8 Å². The lowest BCUT2D eigenvalue weighted by atomic mass is 9.87. The van der Waals surface area contributed by atoms with Crippen molar-refractivity contribution in [2.45, 2.75) is 64.5 Å². The topological polar surface area (TPSA) is 32.8 Å². The molecule has 4 heteroatoms. The molecular formula is C22H34N2O2. The van der Waals surface area contributed by atoms with E-state index in [0.29, 0.717) is 12.5 Å². The molecule has 0 spiro atoms. The molecule has 1 amide bonds. The molecule has 144 valence electrons. The molecule has 0 aliphatic carbocycles. The van der Waals surface area contributed by atoms with E-state index < -0.39 is 0 Å². The van der Waals surface area contributed by atoms with E-state index in [-0.39, 0.29) is 11.5 Å². The third-order valence-electron chi connectivity index (χ3n) is 5.84. The second-order valence-corrected chi connectivity index (χ2v) is 8.45. The van der Waals surface area contributed by atoms with Gasteiger partial charge in [0.05, 0.1) is 5.60 Å². The summed E-state index contributed by atoms with van der Waals surface area (Å²) in [7, 11) is 0. The second kappa shape index (κ2) is 8.53. The minimum Gasteiger partial charge on any atom is -0.376 e. The molecule has 4 nitrogen and oxygen atoms in total. The molecule has 0 bridgehead atoms. The van der Waals surface area contributed by atoms with Crippen LogP contribution >= 0.6 is 0 Å². The van der Waals surface area contributed by atoms with Crippen LogP contribution in [0.4, 0.5) is 5.69 Å². The van der Waals surface area contributed by atoms with Crippen LogP contribution in [-0.4, -0.2) is 48.7 Å². The van der Waals surface area contributed by atoms with E-state index in [9.17, 15) is 4.79 Å². The van der Waals surface area contributed by atoms with E-state index >= 15 is 0 Å². The Kier molecular flexibility index (Phi) is 6.36. The van der Waals surface area contributed by atoms with Gasteiger partial charge in [0.25, 0.3) is 0 Å². The molecule has 1 atom stereocenters. The molecule has 3 rings (SSSR count). The highest BCUT2D eigenvalue weighted by Crippen LogP contribution is 2.30. The SMILES string of the molecule is CCC(=O)N(c1ccccc1)C1CCN(CC2CCOC(C)(C)C2)CC1. The van der Waals surface area contributed by atoms with Gasteiger partial charge in [0, 0.05) is 44.4 Å². The zero-order valence-electron chi connectivity index (χ0n) is 16.6. The molecule has 0 radical (unpaired) electrons. The standard InChI is InChI=1S/C22H34N2O2/c1-4-21(25)24(19-8-6-5-7-9-19)20-10-13-23(14-11-20)17-18-12-15-26-22(2,3)16-18/h5-9,18,20H,4,10-17H2,1-3H3. The van der Waals surface area contributed by atoms with Crippen LogP contribution in [0, 0.1) is 5.92 Å². The van der Waals surface area contributed by atoms with Crippen LogP contribution in [0.3, 0.4) is 0 Å². The van der Waals surface area contributed by atoms with Gasteiger partial charge in [-0.05, 0) is 57.6 Å². The number of ether oxygens (including phenoxy) is 1. The highest BCUT2D eigenvalue weighted by atomic mass is 16.5. The van der Waals surface area contributed by atoms with Crippen molar-refractivity contribution in [1.29, 1.82) is 0 Å². The van der Waals surface area contributed by atoms with Crippen LogP contribution in [0.2, 0.25) is 0 Å². The lowest BCUT2D eigenvalue weighted by Gasteiger charge is -2.42. The summed E-state index contributed by atoms with van der Waals surface area (Å²) in [6, 6.07) is 10.5. The van der Waals surface area contributed by atoms with E-state index in [4.69, 9.17) is 4.74 Å². The van der Waals surface area contributed by atoms with Gasteiger partial charge in [-0.3, -0.25) is 4.79 Å². The number of hydrogen-bond acceptors (Lipinski definition) is 3. The number of benzene rings is 1. The molecule has 2 heterocycles. The van der Waals surface area contributed by atoms with Crippen LogP contribution in [0.15, 0.2) is 30.3 Å². The molecule has 0 N–H and O–H groups in total. The summed E-state index contributed by atoms with van der Waals surface area (Å²) >= 11 is 0. The number of para-hydroxylation sites is 1. The van der Waals surface area contributed by atoms with Crippen molar-refractivity contribution >= 4 is 11.6 Å². The summed E-state index contributed by atoms with van der Waals surface area (Å²) in [6.07, 6.45) is 5.01. The lowest BCUT2D eigenvalue weighted by molar-refractivity contribution is -0.119. The van der Waals surface area contributed by atoms with Gasteiger partial charge in [0.15, 0.2) is 0 Å². The summed E-state index contributed by atoms with van der Waals surface area (Å²) in [4.78, 5) is 17.2. The van der Waals surface area contributed by atoms with Crippen molar-refractivity contribution in [2.24, 2.45) is 5.92 Å². The normalized spacial score (nSPS) is 24.3. The maximum Gasteiger partial charge on any atom is 0.226 e. The number of carbonyl (C=O) groups excluding carboxylic acids is 1. The maximum atomic E-state index is 12.6. The molecule has 2 saturated heterocycles. The first-order valence-corrected chi connectivity index (χ1v) is 10.2. The van der Waals surface area contributed by atoms with Crippen LogP contribution < -0.4 is 4.90 Å². The Labute approximate surface area is 158 Å². The molecular weight excluding hydrogens is 324 g/mol. The van der Waals surface area contributed by atoms with Crippen molar-refractivity contribution < 1.29 is 9.53 Å². The molecule has 0 aromatic heterocycles. The largest absolute Gasteiger partial charge is 0.376 e. The molecule has 26 heavy (non-hydrogen) atoms. The minimum atomic E-state index is 0.0267. The molecule has 0 saturated carbocycles. The fourth-order valence-corrected chi connectivity index (χ4v) is 4.56. The van der Waals surface area contributed by atoms with Crippen molar-refractivity contribution in [2.75, 3.05) is 31.1 Å². The Bertz CT molecular complexity index is 579. The van der Waals surface area contributed by atoms with Crippen molar-refractivity contribution in [3.05, 3.63) is 30.3 Å². The molecule has 1 unspecified atom stereocenters. The zero-order valence-corrected chi connectivity index (χ0v) is 16.6. The maximum absolute atomic E-state index is 12.6. The number of carbonyl (C=O) groups is 1. The summed E-state index contributed by atoms with van der Waals surface area (Å²) in [5.74, 6) is 0.971. The third-order valence-corrected chi connectivity index (χ3v) is 5.84. The monoisotopic (exact) mass is 358 g/mol. The lowest BCUT2D eigenvalue weighted by Crippen LogP contribution is -2.49. The van der Waals surface area contributed by atoms with E-state index in [0.717, 1.165) is 50.6 Å². The predicted molar refractivity (Wildman–Crippen MR) is 106 cm³/mol. The van der Waals surface area contributed by atoms with Crippen LogP contribution in [-0.2, 0) is 9.53 Å². The molecule has 1 aromatic rings. The van der Waals surface area contributed by atoms with Crippen LogP contribution in [0.5, 0.6) is 0 Å². The number of rotatable bonds is 5. The van der Waals surface area contributed by atoms with Gasteiger partial charge in [-0.1, -0.05) is 25.1 Å². The number of nitrogens with zero attached hydrogens (tertiary/aromatic N) is 2. The number of likely N-dealkylation sites (tertiary alicyclic amines) is 1. The zero-order chi connectivity index (χ0) is 18.6. The van der Waals surface area contributed by atoms with Gasteiger partial charge in [0.1, 0.15) is 0 Å². The first-order valence-electron chi connectivity index (χ1n) is 10.2. The highest BCUT2D eigenvalue weighted by Gasteiger charge is 2.32. The van der Waals surface area contributed by atoms with E-state index in [1.165, 1.54) is 13.0 Å². The summed E-state index contributed by atoms with van der Waals surface area (Å²) in [6.45, 7) is 10.6. The average Bonchev–Trinajstić information content (AvgIpc) is 2.63. The molecule has 2 aliphatic rings. The first-order chi connectivity index (χ1) is 12.5. The molecule has 2 fully saturated rings. The van der Waals surface area contributed by atoms with Crippen molar-refractivity contribution in [3.8, 4) is 0 Å². The summed E-state index contributed by atoms with van der Waals surface area (Å²) in [5.41, 5.74) is 1.07. The van der Waals surface area contributed by atoms with Gasteiger partial charge in [0.2, 0.25) is 5.91 Å². The quantitative estimate of drug-likeness (QED) is 0.794. The van der Waals surface area contributed by atoms with Gasteiger partial charge in [-0.15, -0.1) is 0 Å². The Balaban J connectivity index is 1.57. The Morgan fingerprint density at radius 3 is 2.50 bits per heavy atom. The average molecular weight is 359 g/mol. The highest BCUT2D eigenvalue weighted by molar-refractivity contribution is 5.93. The summed E-state index contributed by atoms with van der Waals surface area (Å²) in [5, 5.41) is 0. The fraction of sp³-hybridized carbons (Fsp3) is 0.682.